The molecule has 0 aliphatic carbocycles. The van der Waals surface area contributed by atoms with E-state index in [0.29, 0.717) is 5.56 Å². The van der Waals surface area contributed by atoms with Gasteiger partial charge in [-0.25, -0.2) is 0 Å². The summed E-state index contributed by atoms with van der Waals surface area (Å²) in [6, 6.07) is 15.4. The normalized spacial score (nSPS) is 13.5. The summed E-state index contributed by atoms with van der Waals surface area (Å²) in [5, 5.41) is 1.09. The van der Waals surface area contributed by atoms with Crippen LogP contribution in [0.15, 0.2) is 60.8 Å². The number of para-hydroxylation sites is 1. The number of benzene rings is 2. The van der Waals surface area contributed by atoms with Crippen LogP contribution in [0.2, 0.25) is 0 Å². The second-order valence-electron chi connectivity index (χ2n) is 5.33. The second-order valence-corrected chi connectivity index (χ2v) is 5.33. The third kappa shape index (κ3) is 2.61. The molecule has 1 unspecified atom stereocenters. The maximum atomic E-state index is 12.9. The lowest BCUT2D eigenvalue weighted by atomic mass is 10.0. The first-order chi connectivity index (χ1) is 10.5. The summed E-state index contributed by atoms with van der Waals surface area (Å²) in [6.45, 7) is 1.99. The van der Waals surface area contributed by atoms with Crippen molar-refractivity contribution >= 4 is 10.9 Å². The van der Waals surface area contributed by atoms with E-state index in [1.54, 1.807) is 6.07 Å². The van der Waals surface area contributed by atoms with Crippen LogP contribution in [0.5, 0.6) is 0 Å². The molecule has 0 aliphatic rings. The van der Waals surface area contributed by atoms with Gasteiger partial charge in [-0.15, -0.1) is 0 Å². The Hall–Kier alpha value is -2.23. The molecule has 0 fully saturated rings. The first-order valence-electron chi connectivity index (χ1n) is 7.23. The van der Waals surface area contributed by atoms with E-state index in [1.165, 1.54) is 12.1 Å². The molecule has 2 aromatic carbocycles. The summed E-state index contributed by atoms with van der Waals surface area (Å²) in [5.41, 5.74) is 1.12. The molecule has 1 atom stereocenters. The zero-order valence-electron chi connectivity index (χ0n) is 12.1. The van der Waals surface area contributed by atoms with Gasteiger partial charge in [0.25, 0.3) is 0 Å². The number of nitrogens with zero attached hydrogens (tertiary/aromatic N) is 1. The summed E-state index contributed by atoms with van der Waals surface area (Å²) in [6.07, 6.45) is -1.65. The zero-order chi connectivity index (χ0) is 15.7. The van der Waals surface area contributed by atoms with Gasteiger partial charge in [0, 0.05) is 11.7 Å². The molecule has 0 spiro atoms. The molecule has 0 bridgehead atoms. The van der Waals surface area contributed by atoms with Gasteiger partial charge in [0.15, 0.2) is 0 Å². The van der Waals surface area contributed by atoms with Gasteiger partial charge < -0.3 is 4.57 Å². The molecular formula is C18H16F3N. The molecule has 1 aromatic heterocycles. The largest absolute Gasteiger partial charge is 0.416 e. The first-order valence-corrected chi connectivity index (χ1v) is 7.23. The fourth-order valence-corrected chi connectivity index (χ4v) is 2.89. The van der Waals surface area contributed by atoms with Crippen molar-refractivity contribution in [1.29, 1.82) is 0 Å². The van der Waals surface area contributed by atoms with Crippen molar-refractivity contribution in [3.8, 4) is 0 Å². The van der Waals surface area contributed by atoms with Crippen LogP contribution in [0.1, 0.15) is 30.5 Å². The van der Waals surface area contributed by atoms with E-state index >= 15 is 0 Å². The quantitative estimate of drug-likeness (QED) is 0.588. The maximum absolute atomic E-state index is 12.9. The molecule has 3 aromatic rings. The minimum absolute atomic E-state index is 0.109. The Morgan fingerprint density at radius 3 is 2.50 bits per heavy atom. The van der Waals surface area contributed by atoms with E-state index in [-0.39, 0.29) is 6.04 Å². The minimum atomic E-state index is -4.31. The van der Waals surface area contributed by atoms with Crippen molar-refractivity contribution < 1.29 is 13.2 Å². The van der Waals surface area contributed by atoms with Crippen molar-refractivity contribution in [2.24, 2.45) is 0 Å². The van der Waals surface area contributed by atoms with E-state index in [1.807, 2.05) is 48.0 Å². The van der Waals surface area contributed by atoms with Crippen molar-refractivity contribution in [3.63, 3.8) is 0 Å². The summed E-state index contributed by atoms with van der Waals surface area (Å²) in [7, 11) is 0. The Balaban J connectivity index is 2.08. The van der Waals surface area contributed by atoms with E-state index in [2.05, 4.69) is 0 Å². The van der Waals surface area contributed by atoms with E-state index in [0.717, 1.165) is 23.4 Å². The Morgan fingerprint density at radius 2 is 1.77 bits per heavy atom. The van der Waals surface area contributed by atoms with Crippen LogP contribution in [0.4, 0.5) is 13.2 Å². The summed E-state index contributed by atoms with van der Waals surface area (Å²) in [5.74, 6) is 0. The number of halogens is 3. The van der Waals surface area contributed by atoms with E-state index < -0.39 is 11.7 Å². The highest BCUT2D eigenvalue weighted by Gasteiger charge is 2.31. The third-order valence-corrected chi connectivity index (χ3v) is 3.95. The van der Waals surface area contributed by atoms with Crippen LogP contribution in [-0.2, 0) is 6.18 Å². The number of rotatable bonds is 3. The van der Waals surface area contributed by atoms with Gasteiger partial charge >= 0.3 is 6.18 Å². The average Bonchev–Trinajstić information content (AvgIpc) is 2.92. The molecule has 0 amide bonds. The zero-order valence-corrected chi connectivity index (χ0v) is 12.1. The Labute approximate surface area is 127 Å². The Morgan fingerprint density at radius 1 is 1.00 bits per heavy atom. The van der Waals surface area contributed by atoms with Crippen LogP contribution < -0.4 is 0 Å². The van der Waals surface area contributed by atoms with Gasteiger partial charge in [-0.3, -0.25) is 0 Å². The average molecular weight is 303 g/mol. The molecule has 0 N–H and O–H groups in total. The molecule has 1 nitrogen and oxygen atoms in total. The lowest BCUT2D eigenvalue weighted by Gasteiger charge is -2.20. The molecule has 0 aliphatic heterocycles. The van der Waals surface area contributed by atoms with Crippen molar-refractivity contribution in [2.45, 2.75) is 25.6 Å². The van der Waals surface area contributed by atoms with Crippen molar-refractivity contribution in [2.75, 3.05) is 0 Å². The highest BCUT2D eigenvalue weighted by molar-refractivity contribution is 5.80. The minimum Gasteiger partial charge on any atom is -0.340 e. The lowest BCUT2D eigenvalue weighted by Crippen LogP contribution is -2.11. The first kappa shape index (κ1) is 14.7. The second kappa shape index (κ2) is 5.52. The molecular weight excluding hydrogens is 287 g/mol. The van der Waals surface area contributed by atoms with Crippen molar-refractivity contribution in [3.05, 3.63) is 71.9 Å². The predicted octanol–water partition coefficient (Wildman–Crippen LogP) is 5.66. The monoisotopic (exact) mass is 303 g/mol. The maximum Gasteiger partial charge on any atom is 0.416 e. The Bertz CT molecular complexity index is 786. The fraction of sp³-hybridized carbons (Fsp3) is 0.222. The fourth-order valence-electron chi connectivity index (χ4n) is 2.89. The van der Waals surface area contributed by atoms with E-state index in [9.17, 15) is 13.2 Å². The predicted molar refractivity (Wildman–Crippen MR) is 81.8 cm³/mol. The third-order valence-electron chi connectivity index (χ3n) is 3.95. The van der Waals surface area contributed by atoms with Crippen LogP contribution in [0.25, 0.3) is 10.9 Å². The molecule has 114 valence electrons. The van der Waals surface area contributed by atoms with Gasteiger partial charge in [0.05, 0.1) is 11.6 Å². The molecule has 22 heavy (non-hydrogen) atoms. The Kier molecular flexibility index (Phi) is 3.69. The highest BCUT2D eigenvalue weighted by Crippen LogP contribution is 2.33. The smallest absolute Gasteiger partial charge is 0.340 e. The number of hydrogen-bond donors (Lipinski definition) is 0. The SMILES string of the molecule is CCC(c1cccc(C(F)(F)F)c1)n1ccc2ccccc21. The highest BCUT2D eigenvalue weighted by atomic mass is 19.4. The lowest BCUT2D eigenvalue weighted by molar-refractivity contribution is -0.137. The van der Waals surface area contributed by atoms with Crippen LogP contribution >= 0.6 is 0 Å². The van der Waals surface area contributed by atoms with Crippen molar-refractivity contribution in [1.82, 2.24) is 4.57 Å². The van der Waals surface area contributed by atoms with Gasteiger partial charge in [0.1, 0.15) is 0 Å². The van der Waals surface area contributed by atoms with Crippen LogP contribution in [-0.4, -0.2) is 4.57 Å². The number of alkyl halides is 3. The molecule has 0 radical (unpaired) electrons. The molecule has 0 saturated heterocycles. The number of aromatic nitrogens is 1. The van der Waals surface area contributed by atoms with Gasteiger partial charge in [-0.05, 0) is 41.6 Å². The van der Waals surface area contributed by atoms with Gasteiger partial charge in [0.2, 0.25) is 0 Å². The molecule has 0 saturated carbocycles. The summed E-state index contributed by atoms with van der Waals surface area (Å²) in [4.78, 5) is 0. The van der Waals surface area contributed by atoms with E-state index in [4.69, 9.17) is 0 Å². The summed E-state index contributed by atoms with van der Waals surface area (Å²) < 4.78 is 40.8. The topological polar surface area (TPSA) is 4.93 Å². The summed E-state index contributed by atoms with van der Waals surface area (Å²) >= 11 is 0. The number of fused-ring (bicyclic) bond motifs is 1. The van der Waals surface area contributed by atoms with Crippen LogP contribution in [0.3, 0.4) is 0 Å². The molecule has 1 heterocycles. The standard InChI is InChI=1S/C18H16F3N/c1-2-16(14-7-5-8-15(12-14)18(19,20)21)22-11-10-13-6-3-4-9-17(13)22/h3-12,16H,2H2,1H3. The molecule has 3 rings (SSSR count). The van der Waals surface area contributed by atoms with Gasteiger partial charge in [-0.2, -0.15) is 13.2 Å². The van der Waals surface area contributed by atoms with Gasteiger partial charge in [-0.1, -0.05) is 37.3 Å². The molecule has 4 heteroatoms. The number of hydrogen-bond acceptors (Lipinski definition) is 0. The van der Waals surface area contributed by atoms with Crippen LogP contribution in [0, 0.1) is 0 Å².